The van der Waals surface area contributed by atoms with Crippen LogP contribution in [0, 0.1) is 4.77 Å². The summed E-state index contributed by atoms with van der Waals surface area (Å²) in [6, 6.07) is 15.7. The number of aromatic amines is 1. The third-order valence-electron chi connectivity index (χ3n) is 2.98. The largest absolute Gasteiger partial charge is 0.366 e. The maximum absolute atomic E-state index is 6.12. The van der Waals surface area contributed by atoms with Gasteiger partial charge in [0.05, 0.1) is 28.4 Å². The lowest BCUT2D eigenvalue weighted by molar-refractivity contribution is 0.787. The highest BCUT2D eigenvalue weighted by molar-refractivity contribution is 7.71. The molecule has 0 amide bonds. The van der Waals surface area contributed by atoms with Gasteiger partial charge in [-0.1, -0.05) is 35.9 Å². The number of hydrogen-bond donors (Lipinski definition) is 2. The zero-order chi connectivity index (χ0) is 13.2. The number of rotatable bonds is 3. The summed E-state index contributed by atoms with van der Waals surface area (Å²) in [5.74, 6) is 0. The molecule has 1 aromatic heterocycles. The Bertz CT molecular complexity index is 775. The van der Waals surface area contributed by atoms with Crippen LogP contribution in [0.3, 0.4) is 0 Å². The molecule has 5 heteroatoms. The van der Waals surface area contributed by atoms with Crippen molar-refractivity contribution < 1.29 is 0 Å². The molecule has 0 fully saturated rings. The highest BCUT2D eigenvalue weighted by Crippen LogP contribution is 2.21. The van der Waals surface area contributed by atoms with Crippen molar-refractivity contribution in [1.29, 1.82) is 0 Å². The van der Waals surface area contributed by atoms with Gasteiger partial charge in [-0.3, -0.25) is 4.57 Å². The molecule has 0 radical (unpaired) electrons. The second-order valence-corrected chi connectivity index (χ2v) is 4.98. The van der Waals surface area contributed by atoms with Crippen molar-refractivity contribution in [3.63, 3.8) is 0 Å². The van der Waals surface area contributed by atoms with Crippen LogP contribution in [0.1, 0.15) is 0 Å². The zero-order valence-electron chi connectivity index (χ0n) is 10.1. The van der Waals surface area contributed by atoms with Crippen LogP contribution < -0.4 is 5.32 Å². The van der Waals surface area contributed by atoms with E-state index in [-0.39, 0.29) is 0 Å². The molecule has 19 heavy (non-hydrogen) atoms. The number of anilines is 1. The van der Waals surface area contributed by atoms with Gasteiger partial charge in [0.15, 0.2) is 4.77 Å². The lowest BCUT2D eigenvalue weighted by Crippen LogP contribution is -2.08. The Morgan fingerprint density at radius 1 is 1.11 bits per heavy atom. The predicted molar refractivity (Wildman–Crippen MR) is 82.2 cm³/mol. The Balaban J connectivity index is 1.92. The number of benzene rings is 2. The Hall–Kier alpha value is -1.78. The van der Waals surface area contributed by atoms with Crippen LogP contribution in [0.25, 0.3) is 11.0 Å². The molecule has 0 bridgehead atoms. The molecule has 0 aliphatic rings. The maximum atomic E-state index is 6.12. The molecular weight excluding hydrogens is 278 g/mol. The summed E-state index contributed by atoms with van der Waals surface area (Å²) >= 11 is 11.5. The molecule has 2 aromatic carbocycles. The number of nitrogens with zero attached hydrogens (tertiary/aromatic N) is 1. The third-order valence-corrected chi connectivity index (χ3v) is 3.64. The van der Waals surface area contributed by atoms with Crippen molar-refractivity contribution in [1.82, 2.24) is 9.55 Å². The first-order chi connectivity index (χ1) is 9.25. The van der Waals surface area contributed by atoms with Crippen LogP contribution in [0.15, 0.2) is 48.5 Å². The quantitative estimate of drug-likeness (QED) is 0.700. The number of fused-ring (bicyclic) bond motifs is 1. The SMILES string of the molecule is S=c1[nH]c2ccccc2n1CNc1ccccc1Cl. The van der Waals surface area contributed by atoms with Gasteiger partial charge in [-0.15, -0.1) is 0 Å². The van der Waals surface area contributed by atoms with Gasteiger partial charge >= 0.3 is 0 Å². The number of H-pyrrole nitrogens is 1. The average molecular weight is 290 g/mol. The van der Waals surface area contributed by atoms with Crippen molar-refractivity contribution in [2.24, 2.45) is 0 Å². The monoisotopic (exact) mass is 289 g/mol. The molecule has 0 saturated carbocycles. The molecule has 0 aliphatic carbocycles. The van der Waals surface area contributed by atoms with Gasteiger partial charge in [-0.05, 0) is 36.5 Å². The first-order valence-electron chi connectivity index (χ1n) is 5.91. The number of imidazole rings is 1. The van der Waals surface area contributed by atoms with E-state index in [0.29, 0.717) is 16.5 Å². The summed E-state index contributed by atoms with van der Waals surface area (Å²) in [6.45, 7) is 0.576. The van der Waals surface area contributed by atoms with Crippen LogP contribution in [-0.4, -0.2) is 9.55 Å². The minimum atomic E-state index is 0.576. The summed E-state index contributed by atoms with van der Waals surface area (Å²) in [5, 5.41) is 4.00. The molecular formula is C14H12ClN3S. The zero-order valence-corrected chi connectivity index (χ0v) is 11.6. The Labute approximate surface area is 120 Å². The van der Waals surface area contributed by atoms with Crippen molar-refractivity contribution in [3.05, 3.63) is 58.3 Å². The minimum absolute atomic E-state index is 0.576. The van der Waals surface area contributed by atoms with E-state index in [4.69, 9.17) is 23.8 Å². The van der Waals surface area contributed by atoms with Gasteiger partial charge in [0.25, 0.3) is 0 Å². The Kier molecular flexibility index (Phi) is 3.27. The fraction of sp³-hybridized carbons (Fsp3) is 0.0714. The van der Waals surface area contributed by atoms with Gasteiger partial charge in [-0.25, -0.2) is 0 Å². The molecule has 3 nitrogen and oxygen atoms in total. The topological polar surface area (TPSA) is 32.8 Å². The summed E-state index contributed by atoms with van der Waals surface area (Å²) in [5.41, 5.74) is 3.01. The molecule has 0 saturated heterocycles. The van der Waals surface area contributed by atoms with E-state index < -0.39 is 0 Å². The maximum Gasteiger partial charge on any atom is 0.179 e. The Morgan fingerprint density at radius 3 is 2.68 bits per heavy atom. The van der Waals surface area contributed by atoms with E-state index in [2.05, 4.69) is 10.3 Å². The number of nitrogens with one attached hydrogen (secondary N) is 2. The van der Waals surface area contributed by atoms with Crippen molar-refractivity contribution in [2.45, 2.75) is 6.67 Å². The molecule has 96 valence electrons. The molecule has 3 aromatic rings. The molecule has 0 atom stereocenters. The smallest absolute Gasteiger partial charge is 0.179 e. The van der Waals surface area contributed by atoms with Gasteiger partial charge in [-0.2, -0.15) is 0 Å². The standard InChI is InChI=1S/C14H12ClN3S/c15-10-5-1-2-6-11(10)16-9-18-13-8-4-3-7-12(13)17-14(18)19/h1-8,16H,9H2,(H,17,19). The number of hydrogen-bond acceptors (Lipinski definition) is 2. The molecule has 0 unspecified atom stereocenters. The fourth-order valence-corrected chi connectivity index (χ4v) is 2.51. The molecule has 1 heterocycles. The van der Waals surface area contributed by atoms with Gasteiger partial charge in [0.2, 0.25) is 0 Å². The first kappa shape index (κ1) is 12.3. The van der Waals surface area contributed by atoms with Crippen LogP contribution in [0.5, 0.6) is 0 Å². The summed E-state index contributed by atoms with van der Waals surface area (Å²) in [4.78, 5) is 3.18. The van der Waals surface area contributed by atoms with Gasteiger partial charge in [0.1, 0.15) is 0 Å². The first-order valence-corrected chi connectivity index (χ1v) is 6.70. The van der Waals surface area contributed by atoms with Crippen LogP contribution in [0.2, 0.25) is 5.02 Å². The minimum Gasteiger partial charge on any atom is -0.366 e. The van der Waals surface area contributed by atoms with Crippen molar-refractivity contribution >= 4 is 40.5 Å². The van der Waals surface area contributed by atoms with Crippen LogP contribution in [-0.2, 0) is 6.67 Å². The predicted octanol–water partition coefficient (Wildman–Crippen LogP) is 4.42. The van der Waals surface area contributed by atoms with E-state index in [1.807, 2.05) is 53.1 Å². The number of para-hydroxylation sites is 3. The Morgan fingerprint density at radius 2 is 1.84 bits per heavy atom. The van der Waals surface area contributed by atoms with Crippen LogP contribution in [0.4, 0.5) is 5.69 Å². The van der Waals surface area contributed by atoms with E-state index >= 15 is 0 Å². The van der Waals surface area contributed by atoms with Gasteiger partial charge in [0, 0.05) is 0 Å². The highest BCUT2D eigenvalue weighted by atomic mass is 35.5. The second kappa shape index (κ2) is 5.07. The summed E-state index contributed by atoms with van der Waals surface area (Å²) in [7, 11) is 0. The van der Waals surface area contributed by atoms with Gasteiger partial charge < -0.3 is 10.3 Å². The summed E-state index contributed by atoms with van der Waals surface area (Å²) in [6.07, 6.45) is 0. The third kappa shape index (κ3) is 2.37. The molecule has 3 rings (SSSR count). The van der Waals surface area contributed by atoms with E-state index in [1.54, 1.807) is 0 Å². The number of halogens is 1. The van der Waals surface area contributed by atoms with E-state index in [1.165, 1.54) is 0 Å². The highest BCUT2D eigenvalue weighted by Gasteiger charge is 2.04. The molecule has 0 spiro atoms. The molecule has 2 N–H and O–H groups in total. The van der Waals surface area contributed by atoms with Crippen molar-refractivity contribution in [2.75, 3.05) is 5.32 Å². The van der Waals surface area contributed by atoms with E-state index in [9.17, 15) is 0 Å². The van der Waals surface area contributed by atoms with Crippen LogP contribution >= 0.6 is 23.8 Å². The summed E-state index contributed by atoms with van der Waals surface area (Å²) < 4.78 is 2.70. The number of aromatic nitrogens is 2. The van der Waals surface area contributed by atoms with E-state index in [0.717, 1.165) is 16.7 Å². The lowest BCUT2D eigenvalue weighted by atomic mass is 10.3. The normalized spacial score (nSPS) is 10.8. The second-order valence-electron chi connectivity index (χ2n) is 4.19. The van der Waals surface area contributed by atoms with Crippen molar-refractivity contribution in [3.8, 4) is 0 Å². The lowest BCUT2D eigenvalue weighted by Gasteiger charge is -2.09. The average Bonchev–Trinajstić information content (AvgIpc) is 2.74. The molecule has 0 aliphatic heterocycles. The fourth-order valence-electron chi connectivity index (χ4n) is 2.03.